The van der Waals surface area contributed by atoms with Gasteiger partial charge in [-0.2, -0.15) is 0 Å². The molecule has 0 saturated heterocycles. The van der Waals surface area contributed by atoms with Gasteiger partial charge in [-0.15, -0.1) is 0 Å². The van der Waals surface area contributed by atoms with Gasteiger partial charge in [-0.05, 0) is 30.0 Å². The van der Waals surface area contributed by atoms with E-state index in [-0.39, 0.29) is 5.75 Å². The Hall–Kier alpha value is -1.76. The minimum absolute atomic E-state index is 0.112. The van der Waals surface area contributed by atoms with Crippen molar-refractivity contribution in [2.75, 3.05) is 0 Å². The Kier molecular flexibility index (Phi) is 4.40. The third-order valence-electron chi connectivity index (χ3n) is 3.24. The van der Waals surface area contributed by atoms with Crippen LogP contribution in [0.25, 0.3) is 11.1 Å². The average molecular weight is 239 g/mol. The lowest BCUT2D eigenvalue weighted by Crippen LogP contribution is -1.90. The molecule has 0 saturated carbocycles. The molecule has 1 radical (unpaired) electrons. The summed E-state index contributed by atoms with van der Waals surface area (Å²) in [7, 11) is 0. The summed E-state index contributed by atoms with van der Waals surface area (Å²) >= 11 is 0. The fourth-order valence-corrected chi connectivity index (χ4v) is 2.26. The Morgan fingerprint density at radius 2 is 1.50 bits per heavy atom. The zero-order chi connectivity index (χ0) is 12.8. The second-order valence-electron chi connectivity index (χ2n) is 4.61. The van der Waals surface area contributed by atoms with Crippen molar-refractivity contribution in [3.05, 3.63) is 54.1 Å². The molecule has 0 fully saturated rings. The third-order valence-corrected chi connectivity index (χ3v) is 3.24. The molecule has 93 valence electrons. The van der Waals surface area contributed by atoms with Crippen molar-refractivity contribution >= 4 is 0 Å². The van der Waals surface area contributed by atoms with E-state index < -0.39 is 0 Å². The van der Waals surface area contributed by atoms with Gasteiger partial charge >= 0.3 is 0 Å². The molecular formula is C17H19O. The van der Waals surface area contributed by atoms with Crippen LogP contribution in [0.1, 0.15) is 31.7 Å². The summed E-state index contributed by atoms with van der Waals surface area (Å²) < 4.78 is 0. The van der Waals surface area contributed by atoms with E-state index in [1.54, 1.807) is 12.1 Å². The number of rotatable bonds is 5. The van der Waals surface area contributed by atoms with Crippen molar-refractivity contribution in [3.8, 4) is 16.9 Å². The highest BCUT2D eigenvalue weighted by molar-refractivity contribution is 5.72. The SMILES string of the molecule is CCCCCc1ccccc1-c1ccccc1[O]. The second-order valence-corrected chi connectivity index (χ2v) is 4.61. The van der Waals surface area contributed by atoms with E-state index in [0.717, 1.165) is 17.5 Å². The van der Waals surface area contributed by atoms with Crippen LogP contribution in [0.2, 0.25) is 0 Å². The van der Waals surface area contributed by atoms with Gasteiger partial charge in [0.05, 0.1) is 0 Å². The van der Waals surface area contributed by atoms with E-state index in [1.807, 2.05) is 18.2 Å². The summed E-state index contributed by atoms with van der Waals surface area (Å²) in [6, 6.07) is 15.5. The number of benzene rings is 2. The quantitative estimate of drug-likeness (QED) is 0.637. The molecule has 0 unspecified atom stereocenters. The van der Waals surface area contributed by atoms with Gasteiger partial charge in [0.2, 0.25) is 0 Å². The predicted molar refractivity (Wildman–Crippen MR) is 75.2 cm³/mol. The summed E-state index contributed by atoms with van der Waals surface area (Å²) in [6.45, 7) is 2.21. The van der Waals surface area contributed by atoms with Crippen LogP contribution < -0.4 is 0 Å². The highest BCUT2D eigenvalue weighted by Gasteiger charge is 2.08. The van der Waals surface area contributed by atoms with E-state index in [9.17, 15) is 5.11 Å². The van der Waals surface area contributed by atoms with Crippen molar-refractivity contribution < 1.29 is 5.11 Å². The Morgan fingerprint density at radius 1 is 0.833 bits per heavy atom. The summed E-state index contributed by atoms with van der Waals surface area (Å²) in [4.78, 5) is 0. The summed E-state index contributed by atoms with van der Waals surface area (Å²) in [5.74, 6) is 0.112. The molecule has 0 aliphatic carbocycles. The molecule has 2 rings (SSSR count). The molecule has 1 nitrogen and oxygen atoms in total. The highest BCUT2D eigenvalue weighted by Crippen LogP contribution is 2.32. The van der Waals surface area contributed by atoms with E-state index in [1.165, 1.54) is 24.8 Å². The highest BCUT2D eigenvalue weighted by atomic mass is 16.3. The van der Waals surface area contributed by atoms with E-state index in [4.69, 9.17) is 0 Å². The van der Waals surface area contributed by atoms with E-state index >= 15 is 0 Å². The van der Waals surface area contributed by atoms with Gasteiger partial charge in [0, 0.05) is 5.56 Å². The summed E-state index contributed by atoms with van der Waals surface area (Å²) in [5.41, 5.74) is 3.21. The number of hydrogen-bond acceptors (Lipinski definition) is 0. The fourth-order valence-electron chi connectivity index (χ4n) is 2.26. The molecule has 0 spiro atoms. The first-order valence-electron chi connectivity index (χ1n) is 6.67. The van der Waals surface area contributed by atoms with E-state index in [2.05, 4.69) is 25.1 Å². The van der Waals surface area contributed by atoms with Gasteiger partial charge < -0.3 is 0 Å². The van der Waals surface area contributed by atoms with Gasteiger partial charge in [0.1, 0.15) is 0 Å². The van der Waals surface area contributed by atoms with Crippen molar-refractivity contribution in [1.29, 1.82) is 0 Å². The van der Waals surface area contributed by atoms with Gasteiger partial charge in [-0.25, -0.2) is 0 Å². The molecule has 2 aromatic rings. The number of unbranched alkanes of at least 4 members (excludes halogenated alkanes) is 2. The van der Waals surface area contributed by atoms with Crippen LogP contribution in [0.15, 0.2) is 48.5 Å². The first-order valence-corrected chi connectivity index (χ1v) is 6.67. The Morgan fingerprint density at radius 3 is 2.22 bits per heavy atom. The predicted octanol–water partition coefficient (Wildman–Crippen LogP) is 5.23. The monoisotopic (exact) mass is 239 g/mol. The maximum atomic E-state index is 11.9. The van der Waals surface area contributed by atoms with Crippen molar-refractivity contribution in [2.24, 2.45) is 0 Å². The van der Waals surface area contributed by atoms with Crippen LogP contribution in [0.3, 0.4) is 0 Å². The van der Waals surface area contributed by atoms with Gasteiger partial charge in [-0.3, -0.25) is 5.11 Å². The van der Waals surface area contributed by atoms with Gasteiger partial charge in [-0.1, -0.05) is 62.2 Å². The zero-order valence-electron chi connectivity index (χ0n) is 10.9. The first kappa shape index (κ1) is 12.7. The normalized spacial score (nSPS) is 10.5. The fraction of sp³-hybridized carbons (Fsp3) is 0.294. The van der Waals surface area contributed by atoms with Crippen LogP contribution >= 0.6 is 0 Å². The molecule has 0 heterocycles. The number of aryl methyl sites for hydroxylation is 1. The van der Waals surface area contributed by atoms with Gasteiger partial charge in [0.15, 0.2) is 5.75 Å². The lowest BCUT2D eigenvalue weighted by atomic mass is 9.95. The van der Waals surface area contributed by atoms with Crippen LogP contribution in [-0.4, -0.2) is 0 Å². The molecule has 0 aliphatic rings. The molecule has 1 heteroatoms. The molecule has 0 aromatic heterocycles. The number of para-hydroxylation sites is 1. The lowest BCUT2D eigenvalue weighted by Gasteiger charge is -2.09. The Labute approximate surface area is 109 Å². The molecule has 0 bridgehead atoms. The molecule has 0 amide bonds. The van der Waals surface area contributed by atoms with Crippen molar-refractivity contribution in [2.45, 2.75) is 32.6 Å². The first-order chi connectivity index (χ1) is 8.83. The zero-order valence-corrected chi connectivity index (χ0v) is 10.9. The molecule has 0 aliphatic heterocycles. The number of hydrogen-bond donors (Lipinski definition) is 0. The maximum Gasteiger partial charge on any atom is 0.186 e. The average Bonchev–Trinajstić information content (AvgIpc) is 2.40. The second kappa shape index (κ2) is 6.25. The maximum absolute atomic E-state index is 11.9. The summed E-state index contributed by atoms with van der Waals surface area (Å²) in [5, 5.41) is 11.9. The standard InChI is InChI=1S/C17H19O/c1-2-3-4-9-14-10-5-6-11-15(14)16-12-7-8-13-17(16)18/h5-8,10-13H,2-4,9H2,1H3. The Bertz CT molecular complexity index is 502. The minimum atomic E-state index is 0.112. The smallest absolute Gasteiger partial charge is 0.186 e. The molecule has 18 heavy (non-hydrogen) atoms. The molecular weight excluding hydrogens is 220 g/mol. The molecule has 0 atom stereocenters. The van der Waals surface area contributed by atoms with Gasteiger partial charge in [0.25, 0.3) is 0 Å². The molecule has 2 aromatic carbocycles. The van der Waals surface area contributed by atoms with Crippen molar-refractivity contribution in [3.63, 3.8) is 0 Å². The Balaban J connectivity index is 2.30. The largest absolute Gasteiger partial charge is 0.289 e. The third kappa shape index (κ3) is 2.92. The van der Waals surface area contributed by atoms with Crippen LogP contribution in [0, 0.1) is 0 Å². The topological polar surface area (TPSA) is 19.9 Å². The lowest BCUT2D eigenvalue weighted by molar-refractivity contribution is 0.356. The summed E-state index contributed by atoms with van der Waals surface area (Å²) in [6.07, 6.45) is 4.71. The van der Waals surface area contributed by atoms with E-state index in [0.29, 0.717) is 0 Å². The van der Waals surface area contributed by atoms with Crippen LogP contribution in [0.4, 0.5) is 0 Å². The van der Waals surface area contributed by atoms with Crippen LogP contribution in [-0.2, 0) is 11.5 Å². The molecule has 0 N–H and O–H groups in total. The van der Waals surface area contributed by atoms with Crippen molar-refractivity contribution in [1.82, 2.24) is 0 Å². The minimum Gasteiger partial charge on any atom is -0.289 e. The van der Waals surface area contributed by atoms with Crippen LogP contribution in [0.5, 0.6) is 5.75 Å².